The van der Waals surface area contributed by atoms with Gasteiger partial charge in [-0.3, -0.25) is 0 Å². The van der Waals surface area contributed by atoms with Gasteiger partial charge in [-0.2, -0.15) is 0 Å². The van der Waals surface area contributed by atoms with Gasteiger partial charge in [0.2, 0.25) is 0 Å². The molecule has 0 aromatic rings. The lowest BCUT2D eigenvalue weighted by molar-refractivity contribution is 0.104. The van der Waals surface area contributed by atoms with Crippen LogP contribution in [0.4, 0.5) is 0 Å². The Hall–Kier alpha value is 0.137. The number of nitrogens with zero attached hydrogens (tertiary/aromatic N) is 1. The van der Waals surface area contributed by atoms with Crippen LogP contribution >= 0.6 is 0 Å². The highest BCUT2D eigenvalue weighted by Crippen LogP contribution is 2.26. The molecule has 0 bridgehead atoms. The Kier molecular flexibility index (Phi) is 5.30. The summed E-state index contributed by atoms with van der Waals surface area (Å²) in [4.78, 5) is 2.41. The predicted molar refractivity (Wildman–Crippen MR) is 68.8 cm³/mol. The second-order valence-electron chi connectivity index (χ2n) is 4.86. The molecule has 1 saturated heterocycles. The molecule has 0 aromatic carbocycles. The van der Waals surface area contributed by atoms with Gasteiger partial charge in [0.1, 0.15) is 0 Å². The van der Waals surface area contributed by atoms with E-state index in [1.165, 1.54) is 44.1 Å². The van der Waals surface area contributed by atoms with Gasteiger partial charge in [-0.25, -0.2) is 0 Å². The van der Waals surface area contributed by atoms with Crippen molar-refractivity contribution in [2.75, 3.05) is 20.1 Å². The van der Waals surface area contributed by atoms with Crippen molar-refractivity contribution in [2.45, 2.75) is 57.8 Å². The van der Waals surface area contributed by atoms with Crippen LogP contribution in [0, 0.1) is 0 Å². The molecule has 1 aliphatic heterocycles. The van der Waals surface area contributed by atoms with E-state index in [-0.39, 0.29) is 0 Å². The quantitative estimate of drug-likeness (QED) is 0.672. The summed E-state index contributed by atoms with van der Waals surface area (Å²) in [6.07, 6.45) is 3.05. The molecule has 1 heterocycles. The second kappa shape index (κ2) is 6.02. The Bertz CT molecular complexity index is 166. The first-order chi connectivity index (χ1) is 7.15. The zero-order chi connectivity index (χ0) is 11.3. The molecule has 0 saturated carbocycles. The van der Waals surface area contributed by atoms with Crippen molar-refractivity contribution in [3.8, 4) is 0 Å². The summed E-state index contributed by atoms with van der Waals surface area (Å²) in [6.45, 7) is 9.37. The van der Waals surface area contributed by atoms with Gasteiger partial charge in [-0.15, -0.1) is 0 Å². The number of rotatable bonds is 5. The molecule has 0 unspecified atom stereocenters. The zero-order valence-electron chi connectivity index (χ0n) is 10.9. The van der Waals surface area contributed by atoms with Gasteiger partial charge in [0.05, 0.1) is 0 Å². The van der Waals surface area contributed by atoms with Crippen LogP contribution in [0.2, 0.25) is 18.1 Å². The maximum atomic E-state index is 6.49. The second-order valence-corrected chi connectivity index (χ2v) is 9.59. The summed E-state index contributed by atoms with van der Waals surface area (Å²) in [7, 11) is 0.863. The average molecular weight is 229 g/mol. The summed E-state index contributed by atoms with van der Waals surface area (Å²) in [6, 6.07) is 3.85. The first-order valence-electron chi connectivity index (χ1n) is 6.52. The van der Waals surface area contributed by atoms with Crippen molar-refractivity contribution in [1.29, 1.82) is 0 Å². The van der Waals surface area contributed by atoms with Crippen LogP contribution in [-0.2, 0) is 4.43 Å². The Morgan fingerprint density at radius 3 is 1.93 bits per heavy atom. The number of likely N-dealkylation sites (tertiary alicyclic amines) is 1. The van der Waals surface area contributed by atoms with E-state index in [2.05, 4.69) is 32.7 Å². The van der Waals surface area contributed by atoms with Crippen molar-refractivity contribution in [3.63, 3.8) is 0 Å². The molecule has 0 spiro atoms. The molecular weight excluding hydrogens is 202 g/mol. The largest absolute Gasteiger partial charge is 0.414 e. The van der Waals surface area contributed by atoms with Crippen LogP contribution in [0.3, 0.4) is 0 Å². The summed E-state index contributed by atoms with van der Waals surface area (Å²) >= 11 is 0. The molecular formula is C12H27NOSi. The topological polar surface area (TPSA) is 12.5 Å². The molecule has 1 fully saturated rings. The minimum absolute atomic E-state index is 0.563. The molecule has 0 atom stereocenters. The molecule has 15 heavy (non-hydrogen) atoms. The lowest BCUT2D eigenvalue weighted by Crippen LogP contribution is -2.44. The molecule has 1 rings (SSSR count). The van der Waals surface area contributed by atoms with Gasteiger partial charge in [0, 0.05) is 19.2 Å². The minimum Gasteiger partial charge on any atom is -0.414 e. The number of hydrogen-bond donors (Lipinski definition) is 0. The maximum Gasteiger partial charge on any atom is 0.192 e. The molecule has 0 radical (unpaired) electrons. The van der Waals surface area contributed by atoms with E-state index in [1.54, 1.807) is 0 Å². The highest BCUT2D eigenvalue weighted by atomic mass is 28.4. The Labute approximate surface area is 96.1 Å². The summed E-state index contributed by atoms with van der Waals surface area (Å²) in [5, 5.41) is 0. The van der Waals surface area contributed by atoms with Crippen molar-refractivity contribution in [1.82, 2.24) is 4.90 Å². The van der Waals surface area contributed by atoms with Crippen molar-refractivity contribution in [3.05, 3.63) is 0 Å². The minimum atomic E-state index is -1.35. The third-order valence-electron chi connectivity index (χ3n) is 4.02. The first kappa shape index (κ1) is 13.2. The molecule has 0 N–H and O–H groups in total. The smallest absolute Gasteiger partial charge is 0.192 e. The van der Waals surface area contributed by atoms with E-state index in [0.717, 1.165) is 0 Å². The third kappa shape index (κ3) is 3.57. The van der Waals surface area contributed by atoms with Crippen LogP contribution in [0.1, 0.15) is 33.6 Å². The van der Waals surface area contributed by atoms with Gasteiger partial charge in [-0.1, -0.05) is 20.8 Å². The lowest BCUT2D eigenvalue weighted by atomic mass is 10.1. The van der Waals surface area contributed by atoms with Crippen molar-refractivity contribution < 1.29 is 4.43 Å². The van der Waals surface area contributed by atoms with Gasteiger partial charge >= 0.3 is 0 Å². The summed E-state index contributed by atoms with van der Waals surface area (Å²) < 4.78 is 6.49. The standard InChI is InChI=1S/C12H27NOSi/c1-5-15(6-2,7-3)14-12-8-10-13(4)11-9-12/h12H,5-11H2,1-4H3. The van der Waals surface area contributed by atoms with Crippen LogP contribution in [-0.4, -0.2) is 39.5 Å². The average Bonchev–Trinajstić information content (AvgIpc) is 2.29. The number of hydrogen-bond acceptors (Lipinski definition) is 2. The Balaban J connectivity index is 2.44. The molecule has 0 aromatic heterocycles. The normalized spacial score (nSPS) is 20.8. The monoisotopic (exact) mass is 229 g/mol. The zero-order valence-corrected chi connectivity index (χ0v) is 11.9. The summed E-state index contributed by atoms with van der Waals surface area (Å²) in [5.74, 6) is 0. The molecule has 0 aliphatic carbocycles. The Morgan fingerprint density at radius 2 is 1.53 bits per heavy atom. The fourth-order valence-corrected chi connectivity index (χ4v) is 5.40. The van der Waals surface area contributed by atoms with Gasteiger partial charge < -0.3 is 9.33 Å². The Morgan fingerprint density at radius 1 is 1.07 bits per heavy atom. The maximum absolute atomic E-state index is 6.49. The third-order valence-corrected chi connectivity index (χ3v) is 8.71. The van der Waals surface area contributed by atoms with E-state index in [0.29, 0.717) is 6.10 Å². The highest BCUT2D eigenvalue weighted by molar-refractivity contribution is 6.73. The van der Waals surface area contributed by atoms with E-state index in [4.69, 9.17) is 4.43 Å². The highest BCUT2D eigenvalue weighted by Gasteiger charge is 2.32. The van der Waals surface area contributed by atoms with Crippen LogP contribution in [0.15, 0.2) is 0 Å². The van der Waals surface area contributed by atoms with E-state index in [9.17, 15) is 0 Å². The molecule has 2 nitrogen and oxygen atoms in total. The lowest BCUT2D eigenvalue weighted by Gasteiger charge is -2.37. The van der Waals surface area contributed by atoms with Gasteiger partial charge in [-0.05, 0) is 38.0 Å². The molecule has 90 valence electrons. The van der Waals surface area contributed by atoms with Crippen LogP contribution in [0.5, 0.6) is 0 Å². The van der Waals surface area contributed by atoms with Crippen LogP contribution in [0.25, 0.3) is 0 Å². The first-order valence-corrected chi connectivity index (χ1v) is 9.05. The van der Waals surface area contributed by atoms with Gasteiger partial charge in [0.15, 0.2) is 8.32 Å². The van der Waals surface area contributed by atoms with Gasteiger partial charge in [0.25, 0.3) is 0 Å². The number of piperidine rings is 1. The fraction of sp³-hybridized carbons (Fsp3) is 1.00. The van der Waals surface area contributed by atoms with E-state index >= 15 is 0 Å². The molecule has 3 heteroatoms. The SMILES string of the molecule is CC[Si](CC)(CC)OC1CCN(C)CC1. The van der Waals surface area contributed by atoms with E-state index in [1.807, 2.05) is 0 Å². The molecule has 0 amide bonds. The molecule has 1 aliphatic rings. The summed E-state index contributed by atoms with van der Waals surface area (Å²) in [5.41, 5.74) is 0. The fourth-order valence-electron chi connectivity index (χ4n) is 2.46. The van der Waals surface area contributed by atoms with Crippen molar-refractivity contribution >= 4 is 8.32 Å². The van der Waals surface area contributed by atoms with Crippen LogP contribution < -0.4 is 0 Å². The van der Waals surface area contributed by atoms with E-state index < -0.39 is 8.32 Å². The predicted octanol–water partition coefficient (Wildman–Crippen LogP) is 3.10. The van der Waals surface area contributed by atoms with Crippen molar-refractivity contribution in [2.24, 2.45) is 0 Å².